The lowest BCUT2D eigenvalue weighted by Crippen LogP contribution is -1.92. The van der Waals surface area contributed by atoms with Crippen LogP contribution in [0.5, 0.6) is 0 Å². The van der Waals surface area contributed by atoms with E-state index in [0.29, 0.717) is 0 Å². The number of allylic oxidation sites excluding steroid dienone is 4. The van der Waals surface area contributed by atoms with Crippen LogP contribution < -0.4 is 0 Å². The Hall–Kier alpha value is -1.30. The van der Waals surface area contributed by atoms with E-state index in [2.05, 4.69) is 65.0 Å². The van der Waals surface area contributed by atoms with Crippen LogP contribution in [0.15, 0.2) is 41.5 Å². The van der Waals surface area contributed by atoms with E-state index >= 15 is 0 Å². The fraction of sp³-hybridized carbons (Fsp3) is 0.583. The molecule has 0 aliphatic rings. The van der Waals surface area contributed by atoms with Crippen molar-refractivity contribution >= 4 is 0 Å². The summed E-state index contributed by atoms with van der Waals surface area (Å²) in [6.45, 7) is 15.1. The molecule has 0 N–H and O–H groups in total. The van der Waals surface area contributed by atoms with Crippen molar-refractivity contribution in [1.29, 1.82) is 0 Å². The highest BCUT2D eigenvalue weighted by molar-refractivity contribution is 5.33. The highest BCUT2D eigenvalue weighted by atomic mass is 14.1. The number of hydrogen-bond acceptors (Lipinski definition) is 0. The summed E-state index contributed by atoms with van der Waals surface area (Å²) >= 11 is 0. The Balaban J connectivity index is 0.00000254. The highest BCUT2D eigenvalue weighted by Gasteiger charge is 2.00. The molecule has 0 heteroatoms. The Morgan fingerprint density at radius 1 is 1.00 bits per heavy atom. The van der Waals surface area contributed by atoms with Crippen molar-refractivity contribution in [3.63, 3.8) is 0 Å². The van der Waals surface area contributed by atoms with E-state index in [0.717, 1.165) is 6.42 Å². The predicted octanol–water partition coefficient (Wildman–Crippen LogP) is 7.99. The topological polar surface area (TPSA) is 0 Å². The number of hydrogen-bond donors (Lipinski definition) is 0. The summed E-state index contributed by atoms with van der Waals surface area (Å²) in [5.74, 6) is 0. The van der Waals surface area contributed by atoms with Gasteiger partial charge in [0.15, 0.2) is 0 Å². The predicted molar refractivity (Wildman–Crippen MR) is 112 cm³/mol. The molecule has 0 aromatic heterocycles. The molecular formula is C24H40. The lowest BCUT2D eigenvalue weighted by molar-refractivity contribution is 0.717. The first kappa shape index (κ1) is 22.7. The molecular weight excluding hydrogens is 288 g/mol. The summed E-state index contributed by atoms with van der Waals surface area (Å²) in [6, 6.07) is 7.04. The molecule has 0 unspecified atom stereocenters. The minimum atomic E-state index is 1.07. The summed E-state index contributed by atoms with van der Waals surface area (Å²) in [5.41, 5.74) is 7.34. The molecule has 0 saturated carbocycles. The molecule has 0 amide bonds. The Morgan fingerprint density at radius 2 is 1.71 bits per heavy atom. The number of aryl methyl sites for hydroxylation is 2. The van der Waals surface area contributed by atoms with E-state index in [4.69, 9.17) is 0 Å². The van der Waals surface area contributed by atoms with Gasteiger partial charge in [-0.2, -0.15) is 0 Å². The van der Waals surface area contributed by atoms with E-state index < -0.39 is 0 Å². The van der Waals surface area contributed by atoms with Gasteiger partial charge in [-0.3, -0.25) is 0 Å². The molecule has 0 spiro atoms. The van der Waals surface area contributed by atoms with Gasteiger partial charge in [0.2, 0.25) is 0 Å². The molecule has 1 rings (SSSR count). The van der Waals surface area contributed by atoms with E-state index in [-0.39, 0.29) is 0 Å². The van der Waals surface area contributed by atoms with Crippen molar-refractivity contribution < 1.29 is 0 Å². The van der Waals surface area contributed by atoms with Crippen LogP contribution >= 0.6 is 0 Å². The van der Waals surface area contributed by atoms with Gasteiger partial charge in [0.05, 0.1) is 0 Å². The average Bonchev–Trinajstić information content (AvgIpc) is 2.56. The molecule has 0 heterocycles. The zero-order valence-corrected chi connectivity index (χ0v) is 17.3. The second kappa shape index (κ2) is 14.1. The van der Waals surface area contributed by atoms with Crippen molar-refractivity contribution in [3.8, 4) is 0 Å². The summed E-state index contributed by atoms with van der Waals surface area (Å²) in [7, 11) is 0. The average molecular weight is 329 g/mol. The van der Waals surface area contributed by atoms with Crippen LogP contribution in [0.1, 0.15) is 90.3 Å². The third-order valence-corrected chi connectivity index (χ3v) is 4.24. The second-order valence-electron chi connectivity index (χ2n) is 6.79. The monoisotopic (exact) mass is 328 g/mol. The fourth-order valence-corrected chi connectivity index (χ4v) is 2.70. The van der Waals surface area contributed by atoms with Crippen molar-refractivity contribution in [2.24, 2.45) is 0 Å². The minimum absolute atomic E-state index is 1.07. The third-order valence-electron chi connectivity index (χ3n) is 4.24. The minimum Gasteiger partial charge on any atom is -0.0856 e. The van der Waals surface area contributed by atoms with E-state index in [1.807, 2.05) is 13.8 Å². The largest absolute Gasteiger partial charge is 0.0856 e. The molecule has 1 aromatic carbocycles. The number of rotatable bonds is 9. The van der Waals surface area contributed by atoms with Gasteiger partial charge in [0.25, 0.3) is 0 Å². The standard InChI is InChI=1S/C22H34.C2H6/c1-6-7-8-12-21-14-16-22(20(5)17-21)15-13-19(4)11-9-10-18(2)3;1-2/h10,13-14,16-17H,6-9,11-12,15H2,1-5H3;1-2H3/b19-13+;. The normalized spacial score (nSPS) is 10.9. The maximum absolute atomic E-state index is 2.40. The maximum atomic E-state index is 2.40. The molecule has 0 aliphatic heterocycles. The van der Waals surface area contributed by atoms with Crippen LogP contribution in [0.3, 0.4) is 0 Å². The van der Waals surface area contributed by atoms with E-state index in [1.165, 1.54) is 66.4 Å². The summed E-state index contributed by atoms with van der Waals surface area (Å²) in [5, 5.41) is 0. The SMILES string of the molecule is CC.CCCCCc1ccc(C/C=C(\C)CCC=C(C)C)c(C)c1. The molecule has 0 nitrogen and oxygen atoms in total. The summed E-state index contributed by atoms with van der Waals surface area (Å²) < 4.78 is 0. The van der Waals surface area contributed by atoms with Gasteiger partial charge >= 0.3 is 0 Å². The summed E-state index contributed by atoms with van der Waals surface area (Å²) in [6.07, 6.45) is 13.3. The van der Waals surface area contributed by atoms with Crippen molar-refractivity contribution in [3.05, 3.63) is 58.2 Å². The Bertz CT molecular complexity index is 499. The first-order chi connectivity index (χ1) is 11.5. The second-order valence-corrected chi connectivity index (χ2v) is 6.79. The van der Waals surface area contributed by atoms with Gasteiger partial charge < -0.3 is 0 Å². The quantitative estimate of drug-likeness (QED) is 0.318. The van der Waals surface area contributed by atoms with Crippen molar-refractivity contribution in [2.45, 2.75) is 93.4 Å². The molecule has 136 valence electrons. The fourth-order valence-electron chi connectivity index (χ4n) is 2.70. The molecule has 0 aliphatic carbocycles. The van der Waals surface area contributed by atoms with Gasteiger partial charge in [-0.15, -0.1) is 0 Å². The molecule has 0 atom stereocenters. The lowest BCUT2D eigenvalue weighted by atomic mass is 9.98. The van der Waals surface area contributed by atoms with Gasteiger partial charge in [-0.1, -0.05) is 75.1 Å². The Morgan fingerprint density at radius 3 is 2.29 bits per heavy atom. The van der Waals surface area contributed by atoms with Crippen LogP contribution in [0.25, 0.3) is 0 Å². The van der Waals surface area contributed by atoms with Gasteiger partial charge in [-0.25, -0.2) is 0 Å². The van der Waals surface area contributed by atoms with Crippen LogP contribution in [-0.2, 0) is 12.8 Å². The molecule has 24 heavy (non-hydrogen) atoms. The molecule has 0 fully saturated rings. The highest BCUT2D eigenvalue weighted by Crippen LogP contribution is 2.16. The number of unbranched alkanes of at least 4 members (excludes halogenated alkanes) is 2. The van der Waals surface area contributed by atoms with Crippen LogP contribution in [-0.4, -0.2) is 0 Å². The smallest absolute Gasteiger partial charge is 0.00922 e. The van der Waals surface area contributed by atoms with Gasteiger partial charge in [-0.05, 0) is 76.5 Å². The first-order valence-corrected chi connectivity index (χ1v) is 9.90. The van der Waals surface area contributed by atoms with Gasteiger partial charge in [0, 0.05) is 0 Å². The van der Waals surface area contributed by atoms with E-state index in [1.54, 1.807) is 0 Å². The molecule has 0 bridgehead atoms. The molecule has 0 radical (unpaired) electrons. The maximum Gasteiger partial charge on any atom is -0.00922 e. The first-order valence-electron chi connectivity index (χ1n) is 9.90. The zero-order valence-electron chi connectivity index (χ0n) is 17.3. The zero-order chi connectivity index (χ0) is 18.4. The van der Waals surface area contributed by atoms with Crippen LogP contribution in [0, 0.1) is 6.92 Å². The van der Waals surface area contributed by atoms with Crippen LogP contribution in [0.2, 0.25) is 0 Å². The molecule has 0 saturated heterocycles. The van der Waals surface area contributed by atoms with Gasteiger partial charge in [0.1, 0.15) is 0 Å². The Kier molecular flexibility index (Phi) is 13.3. The van der Waals surface area contributed by atoms with E-state index in [9.17, 15) is 0 Å². The van der Waals surface area contributed by atoms with Crippen molar-refractivity contribution in [2.75, 3.05) is 0 Å². The Labute approximate surface area is 152 Å². The van der Waals surface area contributed by atoms with Crippen LogP contribution in [0.4, 0.5) is 0 Å². The molecule has 1 aromatic rings. The number of benzene rings is 1. The lowest BCUT2D eigenvalue weighted by Gasteiger charge is -2.08. The third kappa shape index (κ3) is 10.5. The van der Waals surface area contributed by atoms with Crippen molar-refractivity contribution in [1.82, 2.24) is 0 Å². The summed E-state index contributed by atoms with van der Waals surface area (Å²) in [4.78, 5) is 0.